The lowest BCUT2D eigenvalue weighted by molar-refractivity contribution is 0.795. The Hall–Kier alpha value is -2.01. The van der Waals surface area contributed by atoms with Gasteiger partial charge in [0.2, 0.25) is 0 Å². The standard InChI is InChI=1S/C10H6ClN5/c11-8-5-4-7-10(13-8)16(15-14-7)9-3-1-2-6-12-9/h1-6H. The number of hydrogen-bond acceptors (Lipinski definition) is 4. The zero-order chi connectivity index (χ0) is 11.0. The van der Waals surface area contributed by atoms with Gasteiger partial charge < -0.3 is 0 Å². The quantitative estimate of drug-likeness (QED) is 0.600. The molecule has 16 heavy (non-hydrogen) atoms. The topological polar surface area (TPSA) is 56.5 Å². The molecule has 0 aliphatic heterocycles. The summed E-state index contributed by atoms with van der Waals surface area (Å²) in [5, 5.41) is 8.39. The molecule has 0 saturated carbocycles. The zero-order valence-electron chi connectivity index (χ0n) is 8.08. The van der Waals surface area contributed by atoms with E-state index in [2.05, 4.69) is 20.3 Å². The molecule has 0 saturated heterocycles. The van der Waals surface area contributed by atoms with E-state index in [0.717, 1.165) is 0 Å². The molecular formula is C10H6ClN5. The minimum absolute atomic E-state index is 0.409. The molecule has 3 aromatic heterocycles. The lowest BCUT2D eigenvalue weighted by atomic mass is 10.4. The van der Waals surface area contributed by atoms with Crippen LogP contribution in [0.15, 0.2) is 36.5 Å². The van der Waals surface area contributed by atoms with Crippen LogP contribution < -0.4 is 0 Å². The van der Waals surface area contributed by atoms with Crippen LogP contribution in [0, 0.1) is 0 Å². The van der Waals surface area contributed by atoms with E-state index in [1.165, 1.54) is 0 Å². The fourth-order valence-corrected chi connectivity index (χ4v) is 1.56. The third kappa shape index (κ3) is 1.42. The molecular weight excluding hydrogens is 226 g/mol. The summed E-state index contributed by atoms with van der Waals surface area (Å²) in [6, 6.07) is 9.00. The van der Waals surface area contributed by atoms with Gasteiger partial charge in [0.15, 0.2) is 11.5 Å². The summed E-state index contributed by atoms with van der Waals surface area (Å²) in [4.78, 5) is 8.35. The van der Waals surface area contributed by atoms with E-state index in [1.54, 1.807) is 23.0 Å². The number of hydrogen-bond donors (Lipinski definition) is 0. The molecule has 0 fully saturated rings. The van der Waals surface area contributed by atoms with Gasteiger partial charge in [0.05, 0.1) is 0 Å². The van der Waals surface area contributed by atoms with Crippen LogP contribution in [-0.4, -0.2) is 25.0 Å². The Kier molecular flexibility index (Phi) is 2.04. The van der Waals surface area contributed by atoms with E-state index < -0.39 is 0 Å². The van der Waals surface area contributed by atoms with Crippen LogP contribution >= 0.6 is 11.6 Å². The molecule has 0 atom stereocenters. The van der Waals surface area contributed by atoms with Crippen LogP contribution in [0.3, 0.4) is 0 Å². The Morgan fingerprint density at radius 3 is 2.88 bits per heavy atom. The van der Waals surface area contributed by atoms with Crippen molar-refractivity contribution in [2.45, 2.75) is 0 Å². The van der Waals surface area contributed by atoms with Crippen molar-refractivity contribution in [2.75, 3.05) is 0 Å². The van der Waals surface area contributed by atoms with Crippen molar-refractivity contribution in [3.05, 3.63) is 41.7 Å². The third-order valence-electron chi connectivity index (χ3n) is 2.13. The van der Waals surface area contributed by atoms with E-state index in [9.17, 15) is 0 Å². The lowest BCUT2D eigenvalue weighted by Gasteiger charge is -1.98. The summed E-state index contributed by atoms with van der Waals surface area (Å²) >= 11 is 5.83. The molecule has 3 aromatic rings. The molecule has 0 spiro atoms. The summed E-state index contributed by atoms with van der Waals surface area (Å²) in [5.74, 6) is 0.666. The highest BCUT2D eigenvalue weighted by molar-refractivity contribution is 6.29. The van der Waals surface area contributed by atoms with Crippen LogP contribution in [0.4, 0.5) is 0 Å². The van der Waals surface area contributed by atoms with Crippen molar-refractivity contribution >= 4 is 22.8 Å². The van der Waals surface area contributed by atoms with Gasteiger partial charge in [-0.25, -0.2) is 9.97 Å². The summed E-state index contributed by atoms with van der Waals surface area (Å²) in [6.45, 7) is 0. The lowest BCUT2D eigenvalue weighted by Crippen LogP contribution is -1.99. The summed E-state index contributed by atoms with van der Waals surface area (Å²) in [7, 11) is 0. The van der Waals surface area contributed by atoms with Gasteiger partial charge in [0.25, 0.3) is 0 Å². The normalized spacial score (nSPS) is 10.8. The van der Waals surface area contributed by atoms with E-state index in [0.29, 0.717) is 22.1 Å². The Bertz CT molecular complexity index is 634. The molecule has 0 radical (unpaired) electrons. The molecule has 0 N–H and O–H groups in total. The second-order valence-corrected chi connectivity index (χ2v) is 3.55. The van der Waals surface area contributed by atoms with E-state index in [-0.39, 0.29) is 0 Å². The molecule has 6 heteroatoms. The summed E-state index contributed by atoms with van der Waals surface area (Å²) in [6.07, 6.45) is 1.69. The maximum Gasteiger partial charge on any atom is 0.186 e. The highest BCUT2D eigenvalue weighted by Crippen LogP contribution is 2.15. The van der Waals surface area contributed by atoms with Gasteiger partial charge in [-0.15, -0.1) is 5.10 Å². The Morgan fingerprint density at radius 2 is 2.06 bits per heavy atom. The average Bonchev–Trinajstić information content (AvgIpc) is 2.73. The molecule has 3 rings (SSSR count). The number of pyridine rings is 2. The molecule has 0 aromatic carbocycles. The molecule has 0 bridgehead atoms. The number of halogens is 1. The van der Waals surface area contributed by atoms with Crippen LogP contribution in [-0.2, 0) is 0 Å². The number of nitrogens with zero attached hydrogens (tertiary/aromatic N) is 5. The van der Waals surface area contributed by atoms with Crippen LogP contribution in [0.2, 0.25) is 5.15 Å². The van der Waals surface area contributed by atoms with Gasteiger partial charge >= 0.3 is 0 Å². The molecule has 0 aliphatic carbocycles. The Balaban J connectivity index is 2.29. The number of fused-ring (bicyclic) bond motifs is 1. The highest BCUT2D eigenvalue weighted by Gasteiger charge is 2.08. The molecule has 5 nitrogen and oxygen atoms in total. The van der Waals surface area contributed by atoms with Gasteiger partial charge in [-0.1, -0.05) is 22.9 Å². The number of aromatic nitrogens is 5. The van der Waals surface area contributed by atoms with E-state index in [1.807, 2.05) is 18.2 Å². The van der Waals surface area contributed by atoms with Gasteiger partial charge in [-0.05, 0) is 24.3 Å². The Labute approximate surface area is 95.7 Å². The van der Waals surface area contributed by atoms with Crippen LogP contribution in [0.25, 0.3) is 17.0 Å². The van der Waals surface area contributed by atoms with Crippen molar-refractivity contribution < 1.29 is 0 Å². The average molecular weight is 232 g/mol. The smallest absolute Gasteiger partial charge is 0.186 e. The minimum atomic E-state index is 0.409. The van der Waals surface area contributed by atoms with Crippen molar-refractivity contribution in [1.82, 2.24) is 25.0 Å². The zero-order valence-corrected chi connectivity index (χ0v) is 8.83. The van der Waals surface area contributed by atoms with Gasteiger partial charge in [-0.3, -0.25) is 0 Å². The fraction of sp³-hybridized carbons (Fsp3) is 0. The van der Waals surface area contributed by atoms with Gasteiger partial charge in [0, 0.05) is 6.20 Å². The number of rotatable bonds is 1. The Morgan fingerprint density at radius 1 is 1.12 bits per heavy atom. The van der Waals surface area contributed by atoms with E-state index in [4.69, 9.17) is 11.6 Å². The second kappa shape index (κ2) is 3.53. The van der Waals surface area contributed by atoms with Crippen LogP contribution in [0.5, 0.6) is 0 Å². The first-order valence-electron chi connectivity index (χ1n) is 4.64. The molecule has 78 valence electrons. The summed E-state index contributed by atoms with van der Waals surface area (Å²) < 4.78 is 1.56. The van der Waals surface area contributed by atoms with Gasteiger partial charge in [-0.2, -0.15) is 4.68 Å². The monoisotopic (exact) mass is 231 g/mol. The first kappa shape index (κ1) is 9.23. The van der Waals surface area contributed by atoms with Crippen molar-refractivity contribution in [1.29, 1.82) is 0 Å². The fourth-order valence-electron chi connectivity index (χ4n) is 1.42. The van der Waals surface area contributed by atoms with E-state index >= 15 is 0 Å². The molecule has 0 amide bonds. The summed E-state index contributed by atoms with van der Waals surface area (Å²) in [5.41, 5.74) is 1.29. The SMILES string of the molecule is Clc1ccc2nnn(-c3ccccn3)c2n1. The maximum atomic E-state index is 5.83. The predicted molar refractivity (Wildman–Crippen MR) is 59.5 cm³/mol. The van der Waals surface area contributed by atoms with Crippen molar-refractivity contribution in [2.24, 2.45) is 0 Å². The first-order valence-corrected chi connectivity index (χ1v) is 5.02. The highest BCUT2D eigenvalue weighted by atomic mass is 35.5. The maximum absolute atomic E-state index is 5.83. The minimum Gasteiger partial charge on any atom is -0.237 e. The van der Waals surface area contributed by atoms with Crippen LogP contribution in [0.1, 0.15) is 0 Å². The van der Waals surface area contributed by atoms with Gasteiger partial charge in [0.1, 0.15) is 10.7 Å². The second-order valence-electron chi connectivity index (χ2n) is 3.17. The molecule has 0 unspecified atom stereocenters. The van der Waals surface area contributed by atoms with Crippen molar-refractivity contribution in [3.63, 3.8) is 0 Å². The molecule has 0 aliphatic rings. The first-order chi connectivity index (χ1) is 7.84. The predicted octanol–water partition coefficient (Wildman–Crippen LogP) is 1.86. The molecule has 3 heterocycles. The third-order valence-corrected chi connectivity index (χ3v) is 2.34. The largest absolute Gasteiger partial charge is 0.237 e. The van der Waals surface area contributed by atoms with Crippen molar-refractivity contribution in [3.8, 4) is 5.82 Å².